The number of piperidine rings is 1. The Morgan fingerprint density at radius 2 is 1.85 bits per heavy atom. The Balaban J connectivity index is 0.00000243. The molecule has 5 nitrogen and oxygen atoms in total. The molecule has 0 spiro atoms. The molecule has 1 aliphatic carbocycles. The van der Waals surface area contributed by atoms with Gasteiger partial charge >= 0.3 is 0 Å². The first-order valence-corrected chi connectivity index (χ1v) is 9.50. The standard InChI is InChI=1S/C20H29N3O2.ClH/c21-11-5-13-22(14-16-6-2-1-3-7-16)20(25)18-8-4-12-23(15-18)19(24)17-9-10-17;/h1-3,6-7,17-18H,4-5,8-15,21H2;1H. The summed E-state index contributed by atoms with van der Waals surface area (Å²) < 4.78 is 0. The number of halogens is 1. The van der Waals surface area contributed by atoms with Crippen LogP contribution in [0.15, 0.2) is 30.3 Å². The number of nitrogens with zero attached hydrogens (tertiary/aromatic N) is 2. The Labute approximate surface area is 162 Å². The first kappa shape index (κ1) is 20.7. The molecule has 6 heteroatoms. The summed E-state index contributed by atoms with van der Waals surface area (Å²) in [6.45, 7) is 3.27. The van der Waals surface area contributed by atoms with E-state index in [4.69, 9.17) is 5.73 Å². The van der Waals surface area contributed by atoms with Gasteiger partial charge in [-0.25, -0.2) is 0 Å². The number of carbonyl (C=O) groups excluding carboxylic acids is 2. The smallest absolute Gasteiger partial charge is 0.227 e. The number of nitrogens with two attached hydrogens (primary N) is 1. The van der Waals surface area contributed by atoms with Crippen LogP contribution < -0.4 is 5.73 Å². The summed E-state index contributed by atoms with van der Waals surface area (Å²) in [6.07, 6.45) is 4.64. The van der Waals surface area contributed by atoms with E-state index in [9.17, 15) is 9.59 Å². The molecule has 2 amide bonds. The molecule has 1 saturated heterocycles. The first-order chi connectivity index (χ1) is 12.2. The van der Waals surface area contributed by atoms with Gasteiger partial charge in [-0.05, 0) is 44.2 Å². The van der Waals surface area contributed by atoms with Crippen molar-refractivity contribution in [2.45, 2.75) is 38.6 Å². The molecule has 1 aromatic rings. The van der Waals surface area contributed by atoms with Gasteiger partial charge in [0.1, 0.15) is 0 Å². The van der Waals surface area contributed by atoms with Crippen molar-refractivity contribution < 1.29 is 9.59 Å². The van der Waals surface area contributed by atoms with Gasteiger partial charge in [0, 0.05) is 32.1 Å². The number of likely N-dealkylation sites (tertiary alicyclic amines) is 1. The van der Waals surface area contributed by atoms with Gasteiger partial charge in [0.25, 0.3) is 0 Å². The lowest BCUT2D eigenvalue weighted by molar-refractivity contribution is -0.142. The van der Waals surface area contributed by atoms with Crippen molar-refractivity contribution in [3.63, 3.8) is 0 Å². The highest BCUT2D eigenvalue weighted by atomic mass is 35.5. The van der Waals surface area contributed by atoms with Gasteiger partial charge < -0.3 is 15.5 Å². The third kappa shape index (κ3) is 5.45. The summed E-state index contributed by atoms with van der Waals surface area (Å²) in [5.41, 5.74) is 6.79. The van der Waals surface area contributed by atoms with Crippen LogP contribution in [0.5, 0.6) is 0 Å². The molecule has 1 unspecified atom stereocenters. The number of rotatable bonds is 7. The van der Waals surface area contributed by atoms with Crippen molar-refractivity contribution >= 4 is 24.2 Å². The van der Waals surface area contributed by atoms with Gasteiger partial charge in [-0.15, -0.1) is 12.4 Å². The summed E-state index contributed by atoms with van der Waals surface area (Å²) in [5, 5.41) is 0. The highest BCUT2D eigenvalue weighted by molar-refractivity contribution is 5.85. The van der Waals surface area contributed by atoms with E-state index in [2.05, 4.69) is 0 Å². The van der Waals surface area contributed by atoms with Crippen LogP contribution in [-0.2, 0) is 16.1 Å². The molecule has 1 saturated carbocycles. The minimum absolute atomic E-state index is 0. The van der Waals surface area contributed by atoms with Gasteiger partial charge in [0.2, 0.25) is 11.8 Å². The van der Waals surface area contributed by atoms with Crippen molar-refractivity contribution in [2.75, 3.05) is 26.2 Å². The van der Waals surface area contributed by atoms with Crippen LogP contribution in [0.3, 0.4) is 0 Å². The van der Waals surface area contributed by atoms with E-state index in [1.165, 1.54) is 0 Å². The second kappa shape index (κ2) is 9.93. The number of hydrogen-bond donors (Lipinski definition) is 1. The topological polar surface area (TPSA) is 66.6 Å². The Morgan fingerprint density at radius 3 is 2.50 bits per heavy atom. The number of amides is 2. The van der Waals surface area contributed by atoms with Crippen LogP contribution >= 0.6 is 12.4 Å². The molecule has 2 fully saturated rings. The number of carbonyl (C=O) groups is 2. The normalized spacial score (nSPS) is 19.6. The molecule has 1 aliphatic heterocycles. The van der Waals surface area contributed by atoms with E-state index < -0.39 is 0 Å². The van der Waals surface area contributed by atoms with E-state index in [1.54, 1.807) is 0 Å². The second-order valence-corrected chi connectivity index (χ2v) is 7.29. The molecule has 1 atom stereocenters. The maximum absolute atomic E-state index is 13.1. The fourth-order valence-electron chi connectivity index (χ4n) is 3.58. The SMILES string of the molecule is Cl.NCCCN(Cc1ccccc1)C(=O)C1CCCN(C(=O)C2CC2)C1. The van der Waals surface area contributed by atoms with Crippen LogP contribution in [0.2, 0.25) is 0 Å². The predicted octanol–water partition coefficient (Wildman–Crippen LogP) is 2.43. The molecule has 2 N–H and O–H groups in total. The largest absolute Gasteiger partial charge is 0.342 e. The molecule has 0 aromatic heterocycles. The summed E-state index contributed by atoms with van der Waals surface area (Å²) in [7, 11) is 0. The van der Waals surface area contributed by atoms with Crippen LogP contribution in [0, 0.1) is 11.8 Å². The molecule has 1 heterocycles. The van der Waals surface area contributed by atoms with Gasteiger partial charge in [-0.3, -0.25) is 9.59 Å². The second-order valence-electron chi connectivity index (χ2n) is 7.29. The van der Waals surface area contributed by atoms with E-state index in [0.29, 0.717) is 26.2 Å². The average Bonchev–Trinajstić information content (AvgIpc) is 3.50. The van der Waals surface area contributed by atoms with Gasteiger partial charge in [-0.2, -0.15) is 0 Å². The van der Waals surface area contributed by atoms with Gasteiger partial charge in [-0.1, -0.05) is 30.3 Å². The summed E-state index contributed by atoms with van der Waals surface area (Å²) in [6, 6.07) is 10.1. The van der Waals surface area contributed by atoms with E-state index in [1.807, 2.05) is 40.1 Å². The van der Waals surface area contributed by atoms with Crippen LogP contribution in [0.25, 0.3) is 0 Å². The molecule has 26 heavy (non-hydrogen) atoms. The lowest BCUT2D eigenvalue weighted by atomic mass is 9.95. The minimum Gasteiger partial charge on any atom is -0.342 e. The summed E-state index contributed by atoms with van der Waals surface area (Å²) in [4.78, 5) is 29.3. The Bertz CT molecular complexity index is 592. The van der Waals surface area contributed by atoms with Crippen LogP contribution in [0.1, 0.15) is 37.7 Å². The van der Waals surface area contributed by atoms with Gasteiger partial charge in [0.05, 0.1) is 5.92 Å². The Kier molecular flexibility index (Phi) is 7.91. The van der Waals surface area contributed by atoms with Crippen molar-refractivity contribution in [1.29, 1.82) is 0 Å². The maximum atomic E-state index is 13.1. The Hall–Kier alpha value is -1.59. The molecule has 0 radical (unpaired) electrons. The van der Waals surface area contributed by atoms with Crippen molar-refractivity contribution in [2.24, 2.45) is 17.6 Å². The first-order valence-electron chi connectivity index (χ1n) is 9.50. The molecule has 2 aliphatic rings. The molecular formula is C20H30ClN3O2. The van der Waals surface area contributed by atoms with Crippen molar-refractivity contribution in [3.8, 4) is 0 Å². The monoisotopic (exact) mass is 379 g/mol. The Morgan fingerprint density at radius 1 is 1.12 bits per heavy atom. The average molecular weight is 380 g/mol. The fourth-order valence-corrected chi connectivity index (χ4v) is 3.58. The van der Waals surface area contributed by atoms with Crippen molar-refractivity contribution in [3.05, 3.63) is 35.9 Å². The van der Waals surface area contributed by atoms with Gasteiger partial charge in [0.15, 0.2) is 0 Å². The summed E-state index contributed by atoms with van der Waals surface area (Å²) in [5.74, 6) is 0.587. The van der Waals surface area contributed by atoms with E-state index in [0.717, 1.165) is 44.2 Å². The molecule has 1 aromatic carbocycles. The maximum Gasteiger partial charge on any atom is 0.227 e. The van der Waals surface area contributed by atoms with Crippen molar-refractivity contribution in [1.82, 2.24) is 9.80 Å². The lowest BCUT2D eigenvalue weighted by Gasteiger charge is -2.35. The molecule has 3 rings (SSSR count). The third-order valence-electron chi connectivity index (χ3n) is 5.17. The van der Waals surface area contributed by atoms with E-state index >= 15 is 0 Å². The molecule has 144 valence electrons. The number of hydrogen-bond acceptors (Lipinski definition) is 3. The fraction of sp³-hybridized carbons (Fsp3) is 0.600. The zero-order valence-electron chi connectivity index (χ0n) is 15.3. The minimum atomic E-state index is -0.0714. The highest BCUT2D eigenvalue weighted by Crippen LogP contribution is 2.32. The third-order valence-corrected chi connectivity index (χ3v) is 5.17. The zero-order valence-corrected chi connectivity index (χ0v) is 16.1. The molecule has 0 bridgehead atoms. The van der Waals surface area contributed by atoms with Crippen LogP contribution in [-0.4, -0.2) is 47.8 Å². The quantitative estimate of drug-likeness (QED) is 0.791. The number of benzene rings is 1. The lowest BCUT2D eigenvalue weighted by Crippen LogP contribution is -2.47. The predicted molar refractivity (Wildman–Crippen MR) is 105 cm³/mol. The zero-order chi connectivity index (χ0) is 17.6. The molecular weight excluding hydrogens is 350 g/mol. The van der Waals surface area contributed by atoms with Crippen LogP contribution in [0.4, 0.5) is 0 Å². The van der Waals surface area contributed by atoms with E-state index in [-0.39, 0.29) is 36.1 Å². The summed E-state index contributed by atoms with van der Waals surface area (Å²) >= 11 is 0. The highest BCUT2D eigenvalue weighted by Gasteiger charge is 2.37.